The summed E-state index contributed by atoms with van der Waals surface area (Å²) < 4.78 is 44.6. The van der Waals surface area contributed by atoms with Crippen LogP contribution in [0, 0.1) is 0 Å². The highest BCUT2D eigenvalue weighted by Gasteiger charge is 2.36. The van der Waals surface area contributed by atoms with Gasteiger partial charge in [0, 0.05) is 24.5 Å². The Morgan fingerprint density at radius 1 is 1.26 bits per heavy atom. The van der Waals surface area contributed by atoms with Gasteiger partial charge in [0.15, 0.2) is 0 Å². The minimum atomic E-state index is -4.54. The third-order valence-corrected chi connectivity index (χ3v) is 6.58. The highest BCUT2D eigenvalue weighted by atomic mass is 35.5. The Kier molecular flexibility index (Phi) is 9.11. The number of benzene rings is 1. The molecule has 0 aliphatic carbocycles. The first-order chi connectivity index (χ1) is 16.6. The van der Waals surface area contributed by atoms with Crippen molar-refractivity contribution in [2.75, 3.05) is 49.6 Å². The molecule has 0 unspecified atom stereocenters. The molecule has 1 atom stereocenters. The molecule has 2 aromatic rings. The smallest absolute Gasteiger partial charge is 0.370 e. The van der Waals surface area contributed by atoms with Crippen molar-refractivity contribution in [2.24, 2.45) is 0 Å². The number of nitrogens with zero attached hydrogens (tertiary/aromatic N) is 2. The summed E-state index contributed by atoms with van der Waals surface area (Å²) >= 11 is 7.04. The van der Waals surface area contributed by atoms with Crippen molar-refractivity contribution in [1.29, 1.82) is 0 Å². The van der Waals surface area contributed by atoms with E-state index >= 15 is 0 Å². The molecular weight excluding hydrogens is 509 g/mol. The number of hydrogen-bond donors (Lipinski definition) is 2. The molecule has 3 amide bonds. The largest absolute Gasteiger partial charge is 0.401 e. The average Bonchev–Trinajstić information content (AvgIpc) is 3.24. The molecule has 1 aliphatic heterocycles. The molecule has 1 aromatic carbocycles. The summed E-state index contributed by atoms with van der Waals surface area (Å²) in [6.45, 7) is 0.514. The summed E-state index contributed by atoms with van der Waals surface area (Å²) in [5.41, 5.74) is 0.945. The number of halogens is 4. The molecule has 0 spiro atoms. The van der Waals surface area contributed by atoms with Crippen LogP contribution in [0.5, 0.6) is 0 Å². The van der Waals surface area contributed by atoms with Gasteiger partial charge < -0.3 is 20.3 Å². The van der Waals surface area contributed by atoms with Gasteiger partial charge in [-0.05, 0) is 42.3 Å². The van der Waals surface area contributed by atoms with Crippen molar-refractivity contribution in [3.63, 3.8) is 0 Å². The first-order valence-electron chi connectivity index (χ1n) is 10.7. The first-order valence-corrected chi connectivity index (χ1v) is 12.0. The third kappa shape index (κ3) is 7.40. The number of rotatable bonds is 9. The second kappa shape index (κ2) is 11.8. The van der Waals surface area contributed by atoms with Crippen LogP contribution in [0.25, 0.3) is 0 Å². The second-order valence-electron chi connectivity index (χ2n) is 7.64. The van der Waals surface area contributed by atoms with Gasteiger partial charge in [0.05, 0.1) is 18.2 Å². The van der Waals surface area contributed by atoms with Crippen LogP contribution in [0.1, 0.15) is 16.6 Å². The maximum absolute atomic E-state index is 13.2. The number of morpholine rings is 1. The minimum absolute atomic E-state index is 0.0192. The molecular formula is C22H24ClF3N4O4S. The number of likely N-dealkylation sites (N-methyl/N-ethyl adjacent to an activating group) is 1. The van der Waals surface area contributed by atoms with E-state index in [9.17, 15) is 27.6 Å². The Morgan fingerprint density at radius 3 is 2.54 bits per heavy atom. The average molecular weight is 533 g/mol. The summed E-state index contributed by atoms with van der Waals surface area (Å²) in [5, 5.41) is 6.94. The minimum Gasteiger partial charge on any atom is -0.370 e. The molecule has 190 valence electrons. The fourth-order valence-electron chi connectivity index (χ4n) is 3.53. The predicted octanol–water partition coefficient (Wildman–Crippen LogP) is 3.39. The van der Waals surface area contributed by atoms with Crippen LogP contribution in [0.4, 0.5) is 24.5 Å². The lowest BCUT2D eigenvalue weighted by Gasteiger charge is -2.30. The summed E-state index contributed by atoms with van der Waals surface area (Å²) in [6, 6.07) is 6.59. The molecule has 1 saturated heterocycles. The van der Waals surface area contributed by atoms with Crippen LogP contribution in [0.3, 0.4) is 0 Å². The van der Waals surface area contributed by atoms with Gasteiger partial charge in [-0.3, -0.25) is 19.3 Å². The van der Waals surface area contributed by atoms with Gasteiger partial charge in [-0.15, -0.1) is 11.3 Å². The predicted molar refractivity (Wildman–Crippen MR) is 127 cm³/mol. The summed E-state index contributed by atoms with van der Waals surface area (Å²) in [7, 11) is 0. The van der Waals surface area contributed by atoms with Crippen LogP contribution < -0.4 is 15.5 Å². The van der Waals surface area contributed by atoms with Crippen LogP contribution in [0.2, 0.25) is 5.02 Å². The van der Waals surface area contributed by atoms with Crippen molar-refractivity contribution in [3.05, 3.63) is 45.6 Å². The topological polar surface area (TPSA) is 91.0 Å². The van der Waals surface area contributed by atoms with E-state index in [0.29, 0.717) is 24.5 Å². The van der Waals surface area contributed by atoms with Gasteiger partial charge >= 0.3 is 6.18 Å². The SMILES string of the molecule is CCN(CC(F)(F)F)[C@H](CNC(=O)c1sccc1Cl)C(=O)Nc1ccc(N2CCOCC2=O)cc1. The Hall–Kier alpha value is -2.67. The lowest BCUT2D eigenvalue weighted by atomic mass is 10.2. The zero-order valence-electron chi connectivity index (χ0n) is 18.7. The normalized spacial score (nSPS) is 15.3. The van der Waals surface area contributed by atoms with Gasteiger partial charge in [-0.1, -0.05) is 18.5 Å². The molecule has 1 fully saturated rings. The van der Waals surface area contributed by atoms with Gasteiger partial charge in [-0.25, -0.2) is 0 Å². The number of ether oxygens (including phenoxy) is 1. The zero-order valence-corrected chi connectivity index (χ0v) is 20.3. The fourth-order valence-corrected chi connectivity index (χ4v) is 4.58. The van der Waals surface area contributed by atoms with Crippen LogP contribution in [0.15, 0.2) is 35.7 Å². The van der Waals surface area contributed by atoms with E-state index in [1.165, 1.54) is 13.0 Å². The number of hydrogen-bond acceptors (Lipinski definition) is 6. The van der Waals surface area contributed by atoms with E-state index in [-0.39, 0.29) is 35.5 Å². The van der Waals surface area contributed by atoms with Crippen molar-refractivity contribution in [2.45, 2.75) is 19.1 Å². The highest BCUT2D eigenvalue weighted by Crippen LogP contribution is 2.23. The molecule has 8 nitrogen and oxygen atoms in total. The van der Waals surface area contributed by atoms with Gasteiger partial charge in [-0.2, -0.15) is 13.2 Å². The van der Waals surface area contributed by atoms with Crippen molar-refractivity contribution >= 4 is 52.0 Å². The molecule has 0 radical (unpaired) electrons. The maximum Gasteiger partial charge on any atom is 0.401 e. The highest BCUT2D eigenvalue weighted by molar-refractivity contribution is 7.12. The number of thiophene rings is 1. The van der Waals surface area contributed by atoms with Gasteiger partial charge in [0.2, 0.25) is 5.91 Å². The van der Waals surface area contributed by atoms with E-state index in [2.05, 4.69) is 10.6 Å². The van der Waals surface area contributed by atoms with E-state index in [4.69, 9.17) is 16.3 Å². The Balaban J connectivity index is 1.73. The second-order valence-corrected chi connectivity index (χ2v) is 8.96. The van der Waals surface area contributed by atoms with Crippen molar-refractivity contribution < 1.29 is 32.3 Å². The van der Waals surface area contributed by atoms with Crippen molar-refractivity contribution in [3.8, 4) is 0 Å². The summed E-state index contributed by atoms with van der Waals surface area (Å²) in [5.74, 6) is -1.49. The Bertz CT molecular complexity index is 1050. The van der Waals surface area contributed by atoms with Gasteiger partial charge in [0.25, 0.3) is 11.8 Å². The van der Waals surface area contributed by atoms with Crippen LogP contribution in [-0.4, -0.2) is 74.2 Å². The number of alkyl halides is 3. The number of nitrogens with one attached hydrogen (secondary N) is 2. The van der Waals surface area contributed by atoms with Crippen LogP contribution in [-0.2, 0) is 14.3 Å². The monoisotopic (exact) mass is 532 g/mol. The lowest BCUT2D eigenvalue weighted by molar-refractivity contribution is -0.153. The summed E-state index contributed by atoms with van der Waals surface area (Å²) in [4.78, 5) is 40.1. The third-order valence-electron chi connectivity index (χ3n) is 5.24. The molecule has 0 saturated carbocycles. The number of anilines is 2. The quantitative estimate of drug-likeness (QED) is 0.517. The van der Waals surface area contributed by atoms with E-state index in [0.717, 1.165) is 16.2 Å². The van der Waals surface area contributed by atoms with Gasteiger partial charge in [0.1, 0.15) is 17.5 Å². The molecule has 2 N–H and O–H groups in total. The molecule has 1 aliphatic rings. The number of carbonyl (C=O) groups is 3. The standard InChI is InChI=1S/C22H24ClF3N4O4S/c1-2-29(13-22(24,25)26)17(11-27-21(33)19-16(23)7-10-35-19)20(32)28-14-3-5-15(6-4-14)30-8-9-34-12-18(30)31/h3-7,10,17H,2,8-9,11-13H2,1H3,(H,27,33)(H,28,32)/t17-/m1/s1. The summed E-state index contributed by atoms with van der Waals surface area (Å²) in [6.07, 6.45) is -4.54. The lowest BCUT2D eigenvalue weighted by Crippen LogP contribution is -2.53. The molecule has 3 rings (SSSR count). The molecule has 0 bridgehead atoms. The van der Waals surface area contributed by atoms with Crippen LogP contribution >= 0.6 is 22.9 Å². The molecule has 35 heavy (non-hydrogen) atoms. The molecule has 2 heterocycles. The first kappa shape index (κ1) is 26.9. The maximum atomic E-state index is 13.2. The van der Waals surface area contributed by atoms with E-state index < -0.39 is 30.6 Å². The number of amides is 3. The zero-order chi connectivity index (χ0) is 25.6. The fraction of sp³-hybridized carbons (Fsp3) is 0.409. The molecule has 13 heteroatoms. The van der Waals surface area contributed by atoms with E-state index in [1.54, 1.807) is 34.5 Å². The molecule has 1 aromatic heterocycles. The van der Waals surface area contributed by atoms with E-state index in [1.807, 2.05) is 0 Å². The Labute approximate surface area is 209 Å². The number of carbonyl (C=O) groups excluding carboxylic acids is 3. The Morgan fingerprint density at radius 2 is 1.97 bits per heavy atom. The van der Waals surface area contributed by atoms with Crippen molar-refractivity contribution in [1.82, 2.24) is 10.2 Å².